The molecule has 0 bridgehead atoms. The smallest absolute Gasteiger partial charge is 0.159 e. The van der Waals surface area contributed by atoms with E-state index in [1.165, 1.54) is 4.80 Å². The van der Waals surface area contributed by atoms with Crippen LogP contribution in [0.15, 0.2) is 36.4 Å². The van der Waals surface area contributed by atoms with Crippen LogP contribution < -0.4 is 0 Å². The molecule has 0 aliphatic carbocycles. The number of hydrogen-bond donors (Lipinski definition) is 0. The van der Waals surface area contributed by atoms with E-state index in [9.17, 15) is 0 Å². The fraction of sp³-hybridized carbons (Fsp3) is 0.0714. The number of hydrogen-bond acceptors (Lipinski definition) is 3. The summed E-state index contributed by atoms with van der Waals surface area (Å²) in [4.78, 5) is 1.41. The molecule has 0 fully saturated rings. The van der Waals surface area contributed by atoms with Gasteiger partial charge in [-0.2, -0.15) is 4.80 Å². The molecule has 4 nitrogen and oxygen atoms in total. The van der Waals surface area contributed by atoms with Gasteiger partial charge in [0.2, 0.25) is 5.82 Å². The molecule has 0 aliphatic heterocycles. The third kappa shape index (κ3) is 3.36. The van der Waals surface area contributed by atoms with Gasteiger partial charge in [-0.05, 0) is 35.5 Å². The predicted molar refractivity (Wildman–Crippen MR) is 88.8 cm³/mol. The minimum Gasteiger partial charge on any atom is -0.159 e. The zero-order chi connectivity index (χ0) is 15.7. The van der Waals surface area contributed by atoms with Gasteiger partial charge in [-0.15, -0.1) is 10.2 Å². The molecule has 0 radical (unpaired) electrons. The standard InChI is InChI=1S/C14H8Cl4N4/c15-9-4-8(5-10(16)6-9)14-19-21-22(20-14)7-11-12(17)2-1-3-13(11)18/h1-6H,7H2. The second kappa shape index (κ2) is 6.42. The molecule has 0 unspecified atom stereocenters. The van der Waals surface area contributed by atoms with Gasteiger partial charge in [0.15, 0.2) is 0 Å². The normalized spacial score (nSPS) is 10.9. The molecule has 22 heavy (non-hydrogen) atoms. The molecule has 0 atom stereocenters. The number of halogens is 4. The molecular weight excluding hydrogens is 366 g/mol. The highest BCUT2D eigenvalue weighted by Gasteiger charge is 2.11. The van der Waals surface area contributed by atoms with Crippen LogP contribution in [0.25, 0.3) is 11.4 Å². The number of tetrazole rings is 1. The van der Waals surface area contributed by atoms with E-state index in [1.807, 2.05) is 0 Å². The quantitative estimate of drug-likeness (QED) is 0.648. The van der Waals surface area contributed by atoms with E-state index in [2.05, 4.69) is 15.4 Å². The summed E-state index contributed by atoms with van der Waals surface area (Å²) in [7, 11) is 0. The van der Waals surface area contributed by atoms with Crippen LogP contribution in [0.3, 0.4) is 0 Å². The van der Waals surface area contributed by atoms with E-state index in [1.54, 1.807) is 36.4 Å². The van der Waals surface area contributed by atoms with Crippen LogP contribution in [0.2, 0.25) is 20.1 Å². The minimum atomic E-state index is 0.319. The van der Waals surface area contributed by atoms with Crippen molar-refractivity contribution in [2.24, 2.45) is 0 Å². The van der Waals surface area contributed by atoms with Crippen molar-refractivity contribution in [2.75, 3.05) is 0 Å². The summed E-state index contributed by atoms with van der Waals surface area (Å²) in [6.45, 7) is 0.319. The lowest BCUT2D eigenvalue weighted by atomic mass is 10.2. The van der Waals surface area contributed by atoms with Gasteiger partial charge in [0, 0.05) is 31.2 Å². The molecule has 0 aliphatic rings. The van der Waals surface area contributed by atoms with Crippen LogP contribution >= 0.6 is 46.4 Å². The Balaban J connectivity index is 1.91. The van der Waals surface area contributed by atoms with Crippen LogP contribution in [-0.2, 0) is 6.54 Å². The van der Waals surface area contributed by atoms with Gasteiger partial charge in [0.1, 0.15) is 0 Å². The summed E-state index contributed by atoms with van der Waals surface area (Å²) in [6.07, 6.45) is 0. The first-order chi connectivity index (χ1) is 10.5. The highest BCUT2D eigenvalue weighted by molar-refractivity contribution is 6.36. The summed E-state index contributed by atoms with van der Waals surface area (Å²) in [5.74, 6) is 0.424. The largest absolute Gasteiger partial charge is 0.205 e. The predicted octanol–water partition coefficient (Wildman–Crippen LogP) is 5.00. The van der Waals surface area contributed by atoms with Crippen LogP contribution in [0, 0.1) is 0 Å². The molecule has 2 aromatic carbocycles. The van der Waals surface area contributed by atoms with Crippen molar-refractivity contribution in [3.05, 3.63) is 62.1 Å². The summed E-state index contributed by atoms with van der Waals surface area (Å²) >= 11 is 24.2. The maximum absolute atomic E-state index is 6.14. The Morgan fingerprint density at radius 3 is 2.18 bits per heavy atom. The molecule has 8 heteroatoms. The lowest BCUT2D eigenvalue weighted by Crippen LogP contribution is -2.05. The molecule has 3 aromatic rings. The Hall–Kier alpha value is -1.33. The summed E-state index contributed by atoms with van der Waals surface area (Å²) in [6, 6.07) is 10.4. The Kier molecular flexibility index (Phi) is 4.54. The van der Waals surface area contributed by atoms with E-state index < -0.39 is 0 Å². The average Bonchev–Trinajstić information content (AvgIpc) is 2.91. The third-order valence-corrected chi connectivity index (χ3v) is 4.08. The Morgan fingerprint density at radius 1 is 0.909 bits per heavy atom. The van der Waals surface area contributed by atoms with Crippen LogP contribution in [0.4, 0.5) is 0 Å². The molecule has 0 amide bonds. The van der Waals surface area contributed by atoms with Crippen molar-refractivity contribution in [3.63, 3.8) is 0 Å². The molecule has 3 rings (SSSR count). The van der Waals surface area contributed by atoms with Crippen LogP contribution in [-0.4, -0.2) is 20.2 Å². The SMILES string of the molecule is Clc1cc(Cl)cc(-c2nnn(Cc3c(Cl)cccc3Cl)n2)c1. The van der Waals surface area contributed by atoms with Crippen LogP contribution in [0.5, 0.6) is 0 Å². The molecule has 0 saturated heterocycles. The monoisotopic (exact) mass is 372 g/mol. The summed E-state index contributed by atoms with van der Waals surface area (Å²) < 4.78 is 0. The Morgan fingerprint density at radius 2 is 1.55 bits per heavy atom. The molecule has 1 heterocycles. The fourth-order valence-corrected chi connectivity index (χ4v) is 2.98. The van der Waals surface area contributed by atoms with Crippen molar-refractivity contribution in [3.8, 4) is 11.4 Å². The lowest BCUT2D eigenvalue weighted by molar-refractivity contribution is 0.573. The van der Waals surface area contributed by atoms with E-state index in [0.29, 0.717) is 38.0 Å². The van der Waals surface area contributed by atoms with E-state index in [-0.39, 0.29) is 0 Å². The lowest BCUT2D eigenvalue weighted by Gasteiger charge is -2.04. The number of rotatable bonds is 3. The van der Waals surface area contributed by atoms with Gasteiger partial charge in [-0.25, -0.2) is 0 Å². The van der Waals surface area contributed by atoms with Crippen molar-refractivity contribution >= 4 is 46.4 Å². The first-order valence-electron chi connectivity index (χ1n) is 6.20. The Bertz CT molecular complexity index is 791. The number of benzene rings is 2. The van der Waals surface area contributed by atoms with Gasteiger partial charge in [0.05, 0.1) is 6.54 Å². The van der Waals surface area contributed by atoms with Crippen molar-refractivity contribution in [1.29, 1.82) is 0 Å². The summed E-state index contributed by atoms with van der Waals surface area (Å²) in [5.41, 5.74) is 1.42. The minimum absolute atomic E-state index is 0.319. The van der Waals surface area contributed by atoms with Crippen molar-refractivity contribution < 1.29 is 0 Å². The topological polar surface area (TPSA) is 43.6 Å². The zero-order valence-electron chi connectivity index (χ0n) is 11.0. The molecule has 0 N–H and O–H groups in total. The highest BCUT2D eigenvalue weighted by atomic mass is 35.5. The van der Waals surface area contributed by atoms with Gasteiger partial charge in [-0.1, -0.05) is 52.5 Å². The number of nitrogens with zero attached hydrogens (tertiary/aromatic N) is 4. The zero-order valence-corrected chi connectivity index (χ0v) is 14.0. The second-order valence-corrected chi connectivity index (χ2v) is 6.19. The maximum Gasteiger partial charge on any atom is 0.205 e. The maximum atomic E-state index is 6.14. The van der Waals surface area contributed by atoms with E-state index >= 15 is 0 Å². The average molecular weight is 374 g/mol. The van der Waals surface area contributed by atoms with Gasteiger partial charge >= 0.3 is 0 Å². The molecule has 1 aromatic heterocycles. The fourth-order valence-electron chi connectivity index (χ4n) is 1.93. The van der Waals surface area contributed by atoms with Gasteiger partial charge < -0.3 is 0 Å². The highest BCUT2D eigenvalue weighted by Crippen LogP contribution is 2.26. The Labute approximate surface area is 146 Å². The van der Waals surface area contributed by atoms with Crippen molar-refractivity contribution in [1.82, 2.24) is 20.2 Å². The van der Waals surface area contributed by atoms with E-state index in [4.69, 9.17) is 46.4 Å². The van der Waals surface area contributed by atoms with Gasteiger partial charge in [0.25, 0.3) is 0 Å². The first kappa shape index (κ1) is 15.6. The van der Waals surface area contributed by atoms with E-state index in [0.717, 1.165) is 5.56 Å². The van der Waals surface area contributed by atoms with Crippen LogP contribution in [0.1, 0.15) is 5.56 Å². The van der Waals surface area contributed by atoms with Gasteiger partial charge in [-0.3, -0.25) is 0 Å². The summed E-state index contributed by atoms with van der Waals surface area (Å²) in [5, 5.41) is 14.4. The molecule has 0 saturated carbocycles. The number of aromatic nitrogens is 4. The van der Waals surface area contributed by atoms with Crippen molar-refractivity contribution in [2.45, 2.75) is 6.54 Å². The second-order valence-electron chi connectivity index (χ2n) is 4.50. The molecule has 0 spiro atoms. The molecular formula is C14H8Cl4N4. The first-order valence-corrected chi connectivity index (χ1v) is 7.71. The third-order valence-electron chi connectivity index (χ3n) is 2.93. The molecule has 112 valence electrons.